The summed E-state index contributed by atoms with van der Waals surface area (Å²) in [7, 11) is 0. The molecule has 1 fully saturated rings. The van der Waals surface area contributed by atoms with Crippen LogP contribution >= 0.6 is 11.3 Å². The highest BCUT2D eigenvalue weighted by atomic mass is 32.1. The summed E-state index contributed by atoms with van der Waals surface area (Å²) >= 11 is 1.26. The van der Waals surface area contributed by atoms with Gasteiger partial charge in [0.2, 0.25) is 5.91 Å². The molecular formula is C15H24N4O2S. The van der Waals surface area contributed by atoms with E-state index in [1.54, 1.807) is 5.38 Å². The summed E-state index contributed by atoms with van der Waals surface area (Å²) in [4.78, 5) is 29.4. The molecule has 0 unspecified atom stereocenters. The Kier molecular flexibility index (Phi) is 6.33. The van der Waals surface area contributed by atoms with Crippen LogP contribution in [0.3, 0.4) is 0 Å². The highest BCUT2D eigenvalue weighted by Crippen LogP contribution is 2.16. The lowest BCUT2D eigenvalue weighted by Crippen LogP contribution is -2.36. The van der Waals surface area contributed by atoms with Gasteiger partial charge in [0.05, 0.1) is 0 Å². The van der Waals surface area contributed by atoms with Gasteiger partial charge in [-0.25, -0.2) is 4.98 Å². The number of nitrogens with one attached hydrogen (secondary N) is 2. The van der Waals surface area contributed by atoms with Crippen molar-refractivity contribution < 1.29 is 9.59 Å². The summed E-state index contributed by atoms with van der Waals surface area (Å²) in [6, 6.07) is 0. The molecule has 0 spiro atoms. The molecular weight excluding hydrogens is 300 g/mol. The minimum atomic E-state index is -0.183. The standard InChI is InChI=1S/C15H24N4O2S/c1-11-5-3-7-19(9-11)8-4-6-16-14(21)13-10-22-15(18-13)17-12(2)20/h10-11H,3-9H2,1-2H3,(H,16,21)(H,17,18,20)/t11-/m1/s1. The molecule has 0 aromatic carbocycles. The Bertz CT molecular complexity index is 517. The smallest absolute Gasteiger partial charge is 0.270 e. The Balaban J connectivity index is 1.67. The summed E-state index contributed by atoms with van der Waals surface area (Å²) in [6.07, 6.45) is 3.55. The first-order valence-corrected chi connectivity index (χ1v) is 8.66. The second kappa shape index (κ2) is 8.24. The highest BCUT2D eigenvalue weighted by Gasteiger charge is 2.16. The van der Waals surface area contributed by atoms with Crippen molar-refractivity contribution in [3.05, 3.63) is 11.1 Å². The normalized spacial score (nSPS) is 18.9. The molecule has 22 heavy (non-hydrogen) atoms. The third kappa shape index (κ3) is 5.38. The lowest BCUT2D eigenvalue weighted by molar-refractivity contribution is -0.114. The van der Waals surface area contributed by atoms with Crippen molar-refractivity contribution in [2.75, 3.05) is 31.5 Å². The number of carbonyl (C=O) groups excluding carboxylic acids is 2. The molecule has 2 rings (SSSR count). The van der Waals surface area contributed by atoms with E-state index in [1.807, 2.05) is 0 Å². The zero-order chi connectivity index (χ0) is 15.9. The van der Waals surface area contributed by atoms with Gasteiger partial charge in [-0.2, -0.15) is 0 Å². The Labute approximate surface area is 135 Å². The largest absolute Gasteiger partial charge is 0.351 e. The van der Waals surface area contributed by atoms with Crippen LogP contribution in [0.5, 0.6) is 0 Å². The Hall–Kier alpha value is -1.47. The molecule has 1 atom stereocenters. The number of piperidine rings is 1. The monoisotopic (exact) mass is 324 g/mol. The van der Waals surface area contributed by atoms with Crippen molar-refractivity contribution in [2.24, 2.45) is 5.92 Å². The van der Waals surface area contributed by atoms with Crippen LogP contribution < -0.4 is 10.6 Å². The molecule has 2 amide bonds. The van der Waals surface area contributed by atoms with Crippen molar-refractivity contribution >= 4 is 28.3 Å². The van der Waals surface area contributed by atoms with Crippen molar-refractivity contribution in [3.63, 3.8) is 0 Å². The number of likely N-dealkylation sites (tertiary alicyclic amines) is 1. The predicted molar refractivity (Wildman–Crippen MR) is 88.2 cm³/mol. The number of aromatic nitrogens is 1. The first-order valence-electron chi connectivity index (χ1n) is 7.78. The van der Waals surface area contributed by atoms with Gasteiger partial charge in [-0.05, 0) is 38.3 Å². The predicted octanol–water partition coefficient (Wildman–Crippen LogP) is 1.95. The van der Waals surface area contributed by atoms with E-state index >= 15 is 0 Å². The average Bonchev–Trinajstić information content (AvgIpc) is 2.91. The Morgan fingerprint density at radius 3 is 3.05 bits per heavy atom. The number of amides is 2. The number of rotatable bonds is 6. The molecule has 2 N–H and O–H groups in total. The van der Waals surface area contributed by atoms with Gasteiger partial charge in [-0.1, -0.05) is 6.92 Å². The van der Waals surface area contributed by atoms with Crippen LogP contribution in [0.2, 0.25) is 0 Å². The van der Waals surface area contributed by atoms with E-state index in [2.05, 4.69) is 27.4 Å². The summed E-state index contributed by atoms with van der Waals surface area (Å²) in [5.74, 6) is 0.419. The molecule has 0 bridgehead atoms. The van der Waals surface area contributed by atoms with Gasteiger partial charge in [0, 0.05) is 25.4 Å². The topological polar surface area (TPSA) is 74.3 Å². The third-order valence-electron chi connectivity index (χ3n) is 3.70. The average molecular weight is 324 g/mol. The zero-order valence-corrected chi connectivity index (χ0v) is 14.0. The van der Waals surface area contributed by atoms with Crippen LogP contribution in [0, 0.1) is 5.92 Å². The number of anilines is 1. The van der Waals surface area contributed by atoms with E-state index in [0.29, 0.717) is 17.4 Å². The molecule has 6 nitrogen and oxygen atoms in total. The summed E-state index contributed by atoms with van der Waals surface area (Å²) < 4.78 is 0. The summed E-state index contributed by atoms with van der Waals surface area (Å²) in [5.41, 5.74) is 0.361. The van der Waals surface area contributed by atoms with Gasteiger partial charge in [0.1, 0.15) is 5.69 Å². The van der Waals surface area contributed by atoms with Crippen LogP contribution in [-0.2, 0) is 4.79 Å². The first kappa shape index (κ1) is 16.9. The number of nitrogens with zero attached hydrogens (tertiary/aromatic N) is 2. The van der Waals surface area contributed by atoms with Crippen LogP contribution in [-0.4, -0.2) is 47.9 Å². The maximum atomic E-state index is 12.0. The van der Waals surface area contributed by atoms with Crippen LogP contribution in [0.1, 0.15) is 43.6 Å². The van der Waals surface area contributed by atoms with Crippen molar-refractivity contribution in [2.45, 2.75) is 33.1 Å². The van der Waals surface area contributed by atoms with Gasteiger partial charge in [-0.15, -0.1) is 11.3 Å². The third-order valence-corrected chi connectivity index (χ3v) is 4.46. The SMILES string of the molecule is CC(=O)Nc1nc(C(=O)NCCCN2CCC[C@@H](C)C2)cs1. The van der Waals surface area contributed by atoms with E-state index in [1.165, 1.54) is 44.2 Å². The molecule has 2 heterocycles. The van der Waals surface area contributed by atoms with Crippen molar-refractivity contribution in [3.8, 4) is 0 Å². The minimum absolute atomic E-state index is 0.181. The number of hydrogen-bond donors (Lipinski definition) is 2. The number of thiazole rings is 1. The van der Waals surface area contributed by atoms with E-state index < -0.39 is 0 Å². The molecule has 0 saturated carbocycles. The number of carbonyl (C=O) groups is 2. The molecule has 1 aliphatic heterocycles. The van der Waals surface area contributed by atoms with Gasteiger partial charge in [0.25, 0.3) is 5.91 Å². The molecule has 1 aromatic rings. The molecule has 122 valence electrons. The van der Waals surface area contributed by atoms with E-state index in [9.17, 15) is 9.59 Å². The van der Waals surface area contributed by atoms with Crippen molar-refractivity contribution in [1.29, 1.82) is 0 Å². The molecule has 1 aromatic heterocycles. The van der Waals surface area contributed by atoms with Crippen LogP contribution in [0.4, 0.5) is 5.13 Å². The lowest BCUT2D eigenvalue weighted by atomic mass is 10.0. The Morgan fingerprint density at radius 2 is 2.32 bits per heavy atom. The van der Waals surface area contributed by atoms with Gasteiger partial charge in [0.15, 0.2) is 5.13 Å². The summed E-state index contributed by atoms with van der Waals surface area (Å²) in [6.45, 7) is 7.73. The second-order valence-electron chi connectivity index (χ2n) is 5.88. The fourth-order valence-electron chi connectivity index (χ4n) is 2.67. The van der Waals surface area contributed by atoms with E-state index in [4.69, 9.17) is 0 Å². The zero-order valence-electron chi connectivity index (χ0n) is 13.2. The Morgan fingerprint density at radius 1 is 1.50 bits per heavy atom. The molecule has 7 heteroatoms. The van der Waals surface area contributed by atoms with Gasteiger partial charge >= 0.3 is 0 Å². The molecule has 0 aliphatic carbocycles. The fraction of sp³-hybridized carbons (Fsp3) is 0.667. The first-order chi connectivity index (χ1) is 10.5. The molecule has 1 aliphatic rings. The molecule has 1 saturated heterocycles. The second-order valence-corrected chi connectivity index (χ2v) is 6.73. The van der Waals surface area contributed by atoms with E-state index in [0.717, 1.165) is 18.9 Å². The highest BCUT2D eigenvalue weighted by molar-refractivity contribution is 7.14. The number of hydrogen-bond acceptors (Lipinski definition) is 5. The quantitative estimate of drug-likeness (QED) is 0.785. The molecule has 0 radical (unpaired) electrons. The maximum absolute atomic E-state index is 12.0. The van der Waals surface area contributed by atoms with Crippen molar-refractivity contribution in [1.82, 2.24) is 15.2 Å². The van der Waals surface area contributed by atoms with Gasteiger partial charge in [-0.3, -0.25) is 9.59 Å². The van der Waals surface area contributed by atoms with Gasteiger partial charge < -0.3 is 15.5 Å². The van der Waals surface area contributed by atoms with Crippen LogP contribution in [0.25, 0.3) is 0 Å². The summed E-state index contributed by atoms with van der Waals surface area (Å²) in [5, 5.41) is 7.58. The lowest BCUT2D eigenvalue weighted by Gasteiger charge is -2.30. The maximum Gasteiger partial charge on any atom is 0.270 e. The minimum Gasteiger partial charge on any atom is -0.351 e. The van der Waals surface area contributed by atoms with E-state index in [-0.39, 0.29) is 11.8 Å². The van der Waals surface area contributed by atoms with Crippen LogP contribution in [0.15, 0.2) is 5.38 Å². The fourth-order valence-corrected chi connectivity index (χ4v) is 3.41.